The highest BCUT2D eigenvalue weighted by Gasteiger charge is 2.48. The Morgan fingerprint density at radius 1 is 1.07 bits per heavy atom. The van der Waals surface area contributed by atoms with Gasteiger partial charge in [-0.05, 0) is 41.9 Å². The third kappa shape index (κ3) is 3.09. The van der Waals surface area contributed by atoms with Crippen LogP contribution in [0.4, 0.5) is 4.79 Å². The summed E-state index contributed by atoms with van der Waals surface area (Å²) >= 11 is 0. The fraction of sp³-hybridized carbons (Fsp3) is 0.348. The quantitative estimate of drug-likeness (QED) is 0.708. The zero-order valence-electron chi connectivity index (χ0n) is 15.4. The van der Waals surface area contributed by atoms with Crippen LogP contribution in [0.15, 0.2) is 60.8 Å². The Labute approximate surface area is 159 Å². The molecule has 2 aliphatic rings. The monoisotopic (exact) mass is 359 g/mol. The van der Waals surface area contributed by atoms with Gasteiger partial charge in [-0.3, -0.25) is 0 Å². The fourth-order valence-electron chi connectivity index (χ4n) is 4.47. The molecular weight excluding hydrogens is 334 g/mol. The topological polar surface area (TPSA) is 48.1 Å². The summed E-state index contributed by atoms with van der Waals surface area (Å²) in [5, 5.41) is 4.44. The van der Waals surface area contributed by atoms with E-state index in [1.165, 1.54) is 35.8 Å². The van der Waals surface area contributed by atoms with Crippen molar-refractivity contribution in [2.75, 3.05) is 19.6 Å². The number of aromatic nitrogens is 1. The molecule has 1 unspecified atom stereocenters. The third-order valence-corrected chi connectivity index (χ3v) is 6.34. The molecule has 3 aromatic rings. The molecule has 1 saturated heterocycles. The number of carbonyl (C=O) groups is 1. The van der Waals surface area contributed by atoms with E-state index in [1.54, 1.807) is 0 Å². The minimum absolute atomic E-state index is 0.0829. The van der Waals surface area contributed by atoms with Crippen molar-refractivity contribution < 1.29 is 4.79 Å². The largest absolute Gasteiger partial charge is 0.361 e. The molecule has 2 amide bonds. The van der Waals surface area contributed by atoms with Gasteiger partial charge in [0.15, 0.2) is 0 Å². The van der Waals surface area contributed by atoms with Crippen LogP contribution >= 0.6 is 0 Å². The van der Waals surface area contributed by atoms with Crippen molar-refractivity contribution in [3.05, 3.63) is 71.9 Å². The number of carbonyl (C=O) groups excluding carboxylic acids is 1. The van der Waals surface area contributed by atoms with Crippen molar-refractivity contribution in [1.29, 1.82) is 0 Å². The second-order valence-corrected chi connectivity index (χ2v) is 8.11. The van der Waals surface area contributed by atoms with Gasteiger partial charge in [-0.2, -0.15) is 0 Å². The van der Waals surface area contributed by atoms with Gasteiger partial charge in [-0.25, -0.2) is 4.79 Å². The highest BCUT2D eigenvalue weighted by Crippen LogP contribution is 2.52. The lowest BCUT2D eigenvalue weighted by atomic mass is 9.91. The van der Waals surface area contributed by atoms with Gasteiger partial charge in [-0.1, -0.05) is 48.5 Å². The molecule has 0 bridgehead atoms. The van der Waals surface area contributed by atoms with Gasteiger partial charge in [-0.15, -0.1) is 0 Å². The molecule has 27 heavy (non-hydrogen) atoms. The van der Waals surface area contributed by atoms with Crippen molar-refractivity contribution in [2.24, 2.45) is 5.41 Å². The van der Waals surface area contributed by atoms with E-state index in [0.717, 1.165) is 18.6 Å². The number of likely N-dealkylation sites (tertiary alicyclic amines) is 1. The molecule has 2 heterocycles. The summed E-state index contributed by atoms with van der Waals surface area (Å²) in [6, 6.07) is 18.9. The highest BCUT2D eigenvalue weighted by atomic mass is 16.2. The first kappa shape index (κ1) is 16.4. The van der Waals surface area contributed by atoms with E-state index in [-0.39, 0.29) is 11.9 Å². The van der Waals surface area contributed by atoms with Crippen LogP contribution in [-0.4, -0.2) is 35.5 Å². The first-order valence-electron chi connectivity index (χ1n) is 9.88. The number of nitrogens with one attached hydrogen (secondary N) is 2. The molecule has 2 fully saturated rings. The molecule has 1 aliphatic carbocycles. The van der Waals surface area contributed by atoms with Gasteiger partial charge in [0.05, 0.1) is 0 Å². The molecule has 1 aromatic heterocycles. The smallest absolute Gasteiger partial charge is 0.317 e. The van der Waals surface area contributed by atoms with Gasteiger partial charge in [0.2, 0.25) is 0 Å². The highest BCUT2D eigenvalue weighted by molar-refractivity contribution is 5.84. The van der Waals surface area contributed by atoms with E-state index < -0.39 is 0 Å². The molecule has 1 aliphatic heterocycles. The van der Waals surface area contributed by atoms with E-state index in [4.69, 9.17) is 0 Å². The molecule has 0 radical (unpaired) electrons. The van der Waals surface area contributed by atoms with Gasteiger partial charge in [0.25, 0.3) is 0 Å². The predicted molar refractivity (Wildman–Crippen MR) is 108 cm³/mol. The number of benzene rings is 2. The summed E-state index contributed by atoms with van der Waals surface area (Å²) in [6.07, 6.45) is 5.84. The maximum absolute atomic E-state index is 12.7. The summed E-state index contributed by atoms with van der Waals surface area (Å²) in [5.74, 6) is 0.129. The fourth-order valence-corrected chi connectivity index (χ4v) is 4.47. The summed E-state index contributed by atoms with van der Waals surface area (Å²) in [7, 11) is 0. The van der Waals surface area contributed by atoms with Crippen molar-refractivity contribution >= 4 is 16.9 Å². The van der Waals surface area contributed by atoms with Gasteiger partial charge >= 0.3 is 6.03 Å². The van der Waals surface area contributed by atoms with Crippen molar-refractivity contribution in [3.63, 3.8) is 0 Å². The number of para-hydroxylation sites is 1. The Bertz CT molecular complexity index is 958. The summed E-state index contributed by atoms with van der Waals surface area (Å²) in [4.78, 5) is 18.1. The molecular formula is C23H25N3O. The van der Waals surface area contributed by atoms with E-state index in [0.29, 0.717) is 12.0 Å². The first-order valence-corrected chi connectivity index (χ1v) is 9.88. The summed E-state index contributed by atoms with van der Waals surface area (Å²) < 4.78 is 0. The van der Waals surface area contributed by atoms with E-state index in [2.05, 4.69) is 59.0 Å². The van der Waals surface area contributed by atoms with Crippen molar-refractivity contribution in [1.82, 2.24) is 15.2 Å². The standard InChI is InChI=1S/C23H25N3O/c27-22(26-13-12-23(16-26)10-11-23)25-14-19(17-6-2-1-3-7-17)20-15-24-21-9-5-4-8-18(20)21/h1-9,15,19,24H,10-14,16H2,(H,25,27). The van der Waals surface area contributed by atoms with Crippen LogP contribution in [0.2, 0.25) is 0 Å². The van der Waals surface area contributed by atoms with E-state index in [9.17, 15) is 4.79 Å². The lowest BCUT2D eigenvalue weighted by Gasteiger charge is -2.22. The number of H-pyrrole nitrogens is 1. The summed E-state index contributed by atoms with van der Waals surface area (Å²) in [5.41, 5.74) is 4.06. The number of hydrogen-bond donors (Lipinski definition) is 2. The number of fused-ring (bicyclic) bond motifs is 1. The Balaban J connectivity index is 1.38. The van der Waals surface area contributed by atoms with Crippen LogP contribution in [0, 0.1) is 5.41 Å². The Hall–Kier alpha value is -2.75. The molecule has 4 heteroatoms. The average molecular weight is 359 g/mol. The summed E-state index contributed by atoms with van der Waals surface area (Å²) in [6.45, 7) is 2.44. The lowest BCUT2D eigenvalue weighted by molar-refractivity contribution is 0.206. The maximum atomic E-state index is 12.7. The molecule has 2 aromatic carbocycles. The zero-order valence-corrected chi connectivity index (χ0v) is 15.4. The van der Waals surface area contributed by atoms with Crippen molar-refractivity contribution in [2.45, 2.75) is 25.2 Å². The van der Waals surface area contributed by atoms with E-state index in [1.807, 2.05) is 17.0 Å². The number of nitrogens with zero attached hydrogens (tertiary/aromatic N) is 1. The Morgan fingerprint density at radius 2 is 1.85 bits per heavy atom. The SMILES string of the molecule is O=C(NCC(c1ccccc1)c1c[nH]c2ccccc12)N1CCC2(CC2)C1. The first-order chi connectivity index (χ1) is 13.2. The predicted octanol–water partition coefficient (Wildman–Crippen LogP) is 4.50. The lowest BCUT2D eigenvalue weighted by Crippen LogP contribution is -2.40. The number of aromatic amines is 1. The number of amides is 2. The zero-order chi connectivity index (χ0) is 18.3. The van der Waals surface area contributed by atoms with Crippen LogP contribution in [0.3, 0.4) is 0 Å². The molecule has 1 atom stereocenters. The molecule has 1 spiro atoms. The third-order valence-electron chi connectivity index (χ3n) is 6.34. The van der Waals surface area contributed by atoms with Crippen LogP contribution in [-0.2, 0) is 0 Å². The average Bonchev–Trinajstić information content (AvgIpc) is 3.13. The number of rotatable bonds is 4. The van der Waals surface area contributed by atoms with Crippen LogP contribution in [0.25, 0.3) is 10.9 Å². The Kier molecular flexibility index (Phi) is 3.92. The van der Waals surface area contributed by atoms with Gasteiger partial charge < -0.3 is 15.2 Å². The minimum Gasteiger partial charge on any atom is -0.361 e. The van der Waals surface area contributed by atoms with Gasteiger partial charge in [0.1, 0.15) is 0 Å². The normalized spacial score (nSPS) is 18.7. The van der Waals surface area contributed by atoms with Crippen LogP contribution < -0.4 is 5.32 Å². The molecule has 1 saturated carbocycles. The minimum atomic E-state index is 0.0829. The Morgan fingerprint density at radius 3 is 2.63 bits per heavy atom. The maximum Gasteiger partial charge on any atom is 0.317 e. The van der Waals surface area contributed by atoms with Crippen LogP contribution in [0.1, 0.15) is 36.3 Å². The van der Waals surface area contributed by atoms with Crippen molar-refractivity contribution in [3.8, 4) is 0 Å². The van der Waals surface area contributed by atoms with Gasteiger partial charge in [0, 0.05) is 42.7 Å². The second-order valence-electron chi connectivity index (χ2n) is 8.11. The molecule has 138 valence electrons. The number of hydrogen-bond acceptors (Lipinski definition) is 1. The van der Waals surface area contributed by atoms with Crippen LogP contribution in [0.5, 0.6) is 0 Å². The second kappa shape index (κ2) is 6.45. The molecule has 4 nitrogen and oxygen atoms in total. The molecule has 2 N–H and O–H groups in total. The molecule has 5 rings (SSSR count). The number of urea groups is 1. The van der Waals surface area contributed by atoms with E-state index >= 15 is 0 Å².